The van der Waals surface area contributed by atoms with Gasteiger partial charge in [0.1, 0.15) is 0 Å². The summed E-state index contributed by atoms with van der Waals surface area (Å²) >= 11 is 1.63. The minimum Gasteiger partial charge on any atom is -0.293 e. The van der Waals surface area contributed by atoms with Gasteiger partial charge in [-0.3, -0.25) is 15.0 Å². The first-order valence-corrected chi connectivity index (χ1v) is 7.33. The first-order chi connectivity index (χ1) is 9.60. The second-order valence-corrected chi connectivity index (χ2v) is 5.61. The van der Waals surface area contributed by atoms with Gasteiger partial charge in [-0.1, -0.05) is 25.1 Å². The molecule has 0 radical (unpaired) electrons. The molecule has 1 aromatic heterocycles. The van der Waals surface area contributed by atoms with E-state index < -0.39 is 0 Å². The maximum Gasteiger partial charge on any atom is 0.273 e. The Morgan fingerprint density at radius 3 is 2.70 bits per heavy atom. The predicted molar refractivity (Wildman–Crippen MR) is 79.7 cm³/mol. The molecule has 0 aliphatic rings. The highest BCUT2D eigenvalue weighted by atomic mass is 32.1. The van der Waals surface area contributed by atoms with E-state index in [2.05, 4.69) is 9.88 Å². The van der Waals surface area contributed by atoms with E-state index in [1.807, 2.05) is 31.4 Å². The Bertz CT molecular complexity index is 598. The Morgan fingerprint density at radius 2 is 2.10 bits per heavy atom. The van der Waals surface area contributed by atoms with Crippen molar-refractivity contribution in [2.75, 3.05) is 6.54 Å². The predicted octanol–water partition coefficient (Wildman–Crippen LogP) is 3.38. The normalized spacial score (nSPS) is 10.9. The second kappa shape index (κ2) is 6.58. The van der Waals surface area contributed by atoms with Crippen LogP contribution < -0.4 is 0 Å². The maximum atomic E-state index is 11.0. The molecule has 0 atom stereocenters. The summed E-state index contributed by atoms with van der Waals surface area (Å²) < 4.78 is 0. The summed E-state index contributed by atoms with van der Waals surface area (Å²) in [7, 11) is 0. The number of nitro benzene ring substituents is 1. The Balaban J connectivity index is 2.12. The summed E-state index contributed by atoms with van der Waals surface area (Å²) in [5.41, 5.74) is 1.94. The lowest BCUT2D eigenvalue weighted by Gasteiger charge is -2.19. The Hall–Kier alpha value is -1.79. The fraction of sp³-hybridized carbons (Fsp3) is 0.357. The number of rotatable bonds is 6. The van der Waals surface area contributed by atoms with Crippen molar-refractivity contribution in [3.8, 4) is 0 Å². The van der Waals surface area contributed by atoms with Gasteiger partial charge in [-0.2, -0.15) is 0 Å². The molecule has 1 aromatic carbocycles. The van der Waals surface area contributed by atoms with E-state index in [0.29, 0.717) is 13.1 Å². The lowest BCUT2D eigenvalue weighted by molar-refractivity contribution is -0.385. The minimum absolute atomic E-state index is 0.181. The number of aromatic nitrogens is 1. The summed E-state index contributed by atoms with van der Waals surface area (Å²) in [6, 6.07) is 6.90. The standard InChI is InChI=1S/C14H17N3O2S/c1-3-16(9-13-10-20-11(2)15-13)8-12-6-4-5-7-14(12)17(18)19/h4-7,10H,3,8-9H2,1-2H3. The van der Waals surface area contributed by atoms with Crippen LogP contribution in [0.2, 0.25) is 0 Å². The third-order valence-corrected chi connectivity index (χ3v) is 3.90. The van der Waals surface area contributed by atoms with Crippen LogP contribution in [0.3, 0.4) is 0 Å². The third kappa shape index (κ3) is 3.61. The molecule has 0 N–H and O–H groups in total. The van der Waals surface area contributed by atoms with E-state index in [9.17, 15) is 10.1 Å². The van der Waals surface area contributed by atoms with E-state index in [1.54, 1.807) is 23.5 Å². The molecule has 1 heterocycles. The summed E-state index contributed by atoms with van der Waals surface area (Å²) in [5, 5.41) is 14.1. The largest absolute Gasteiger partial charge is 0.293 e. The first kappa shape index (κ1) is 14.6. The van der Waals surface area contributed by atoms with Crippen LogP contribution in [0.1, 0.15) is 23.2 Å². The van der Waals surface area contributed by atoms with E-state index >= 15 is 0 Å². The molecule has 6 heteroatoms. The van der Waals surface area contributed by atoms with Gasteiger partial charge in [-0.25, -0.2) is 4.98 Å². The van der Waals surface area contributed by atoms with Crippen LogP contribution in [-0.4, -0.2) is 21.4 Å². The van der Waals surface area contributed by atoms with Gasteiger partial charge in [-0.05, 0) is 13.5 Å². The molecule has 0 bridgehead atoms. The van der Waals surface area contributed by atoms with Crippen molar-refractivity contribution in [1.82, 2.24) is 9.88 Å². The second-order valence-electron chi connectivity index (χ2n) is 4.55. The number of para-hydroxylation sites is 1. The van der Waals surface area contributed by atoms with Gasteiger partial charge in [0.15, 0.2) is 0 Å². The molecule has 0 spiro atoms. The van der Waals surface area contributed by atoms with Crippen LogP contribution >= 0.6 is 11.3 Å². The molecule has 0 fully saturated rings. The Labute approximate surface area is 122 Å². The van der Waals surface area contributed by atoms with Gasteiger partial charge in [0, 0.05) is 30.1 Å². The quantitative estimate of drug-likeness (QED) is 0.604. The molecule has 0 amide bonds. The SMILES string of the molecule is CCN(Cc1csc(C)n1)Cc1ccccc1[N+](=O)[O-]. The smallest absolute Gasteiger partial charge is 0.273 e. The van der Waals surface area contributed by atoms with Gasteiger partial charge in [0.25, 0.3) is 5.69 Å². The zero-order valence-corrected chi connectivity index (χ0v) is 12.4. The highest BCUT2D eigenvalue weighted by Gasteiger charge is 2.15. The summed E-state index contributed by atoms with van der Waals surface area (Å²) in [6.45, 7) is 6.13. The van der Waals surface area contributed by atoms with Crippen LogP contribution in [0, 0.1) is 17.0 Å². The highest BCUT2D eigenvalue weighted by Crippen LogP contribution is 2.20. The monoisotopic (exact) mass is 291 g/mol. The van der Waals surface area contributed by atoms with Crippen LogP contribution in [0.4, 0.5) is 5.69 Å². The topological polar surface area (TPSA) is 59.3 Å². The average Bonchev–Trinajstić information content (AvgIpc) is 2.83. The number of benzene rings is 1. The molecule has 106 valence electrons. The number of hydrogen-bond donors (Lipinski definition) is 0. The van der Waals surface area contributed by atoms with Crippen molar-refractivity contribution in [3.63, 3.8) is 0 Å². The Kier molecular flexibility index (Phi) is 4.81. The molecule has 20 heavy (non-hydrogen) atoms. The lowest BCUT2D eigenvalue weighted by Crippen LogP contribution is -2.23. The summed E-state index contributed by atoms with van der Waals surface area (Å²) in [5.74, 6) is 0. The average molecular weight is 291 g/mol. The van der Waals surface area contributed by atoms with E-state index in [-0.39, 0.29) is 10.6 Å². The number of nitrogens with zero attached hydrogens (tertiary/aromatic N) is 3. The fourth-order valence-electron chi connectivity index (χ4n) is 2.05. The fourth-order valence-corrected chi connectivity index (χ4v) is 2.66. The van der Waals surface area contributed by atoms with E-state index in [0.717, 1.165) is 22.8 Å². The van der Waals surface area contributed by atoms with Gasteiger partial charge in [0.05, 0.1) is 15.6 Å². The minimum atomic E-state index is -0.323. The van der Waals surface area contributed by atoms with E-state index in [4.69, 9.17) is 0 Å². The molecular formula is C14H17N3O2S. The number of aryl methyl sites for hydroxylation is 1. The van der Waals surface area contributed by atoms with Crippen LogP contribution in [0.5, 0.6) is 0 Å². The summed E-state index contributed by atoms with van der Waals surface area (Å²) in [4.78, 5) is 17.3. The van der Waals surface area contributed by atoms with Crippen LogP contribution in [-0.2, 0) is 13.1 Å². The third-order valence-electron chi connectivity index (χ3n) is 3.08. The van der Waals surface area contributed by atoms with Crippen molar-refractivity contribution in [3.05, 3.63) is 56.0 Å². The van der Waals surface area contributed by atoms with Crippen molar-refractivity contribution in [2.45, 2.75) is 26.9 Å². The molecule has 2 aromatic rings. The molecule has 0 saturated carbocycles. The lowest BCUT2D eigenvalue weighted by atomic mass is 10.1. The van der Waals surface area contributed by atoms with Gasteiger partial charge >= 0.3 is 0 Å². The number of nitro groups is 1. The van der Waals surface area contributed by atoms with Gasteiger partial charge < -0.3 is 0 Å². The number of thiazole rings is 1. The van der Waals surface area contributed by atoms with Gasteiger partial charge in [-0.15, -0.1) is 11.3 Å². The first-order valence-electron chi connectivity index (χ1n) is 6.45. The molecule has 0 unspecified atom stereocenters. The highest BCUT2D eigenvalue weighted by molar-refractivity contribution is 7.09. The van der Waals surface area contributed by atoms with Crippen molar-refractivity contribution < 1.29 is 4.92 Å². The molecule has 0 aliphatic carbocycles. The van der Waals surface area contributed by atoms with Crippen molar-refractivity contribution >= 4 is 17.0 Å². The molecule has 5 nitrogen and oxygen atoms in total. The maximum absolute atomic E-state index is 11.0. The van der Waals surface area contributed by atoms with Crippen LogP contribution in [0.15, 0.2) is 29.6 Å². The molecule has 0 saturated heterocycles. The van der Waals surface area contributed by atoms with Crippen LogP contribution in [0.25, 0.3) is 0 Å². The summed E-state index contributed by atoms with van der Waals surface area (Å²) in [6.07, 6.45) is 0. The van der Waals surface area contributed by atoms with Crippen molar-refractivity contribution in [1.29, 1.82) is 0 Å². The van der Waals surface area contributed by atoms with E-state index in [1.165, 1.54) is 0 Å². The molecule has 0 aliphatic heterocycles. The zero-order chi connectivity index (χ0) is 14.5. The number of hydrogen-bond acceptors (Lipinski definition) is 5. The molecular weight excluding hydrogens is 274 g/mol. The van der Waals surface area contributed by atoms with Crippen molar-refractivity contribution in [2.24, 2.45) is 0 Å². The zero-order valence-electron chi connectivity index (χ0n) is 11.6. The molecule has 2 rings (SSSR count). The van der Waals surface area contributed by atoms with Gasteiger partial charge in [0.2, 0.25) is 0 Å². The Morgan fingerprint density at radius 1 is 1.35 bits per heavy atom.